The highest BCUT2D eigenvalue weighted by atomic mass is 35.5. The summed E-state index contributed by atoms with van der Waals surface area (Å²) in [7, 11) is 2.07. The number of benzene rings is 3. The Balaban J connectivity index is 1.33. The van der Waals surface area contributed by atoms with Crippen LogP contribution in [-0.2, 0) is 12.7 Å². The Kier molecular flexibility index (Phi) is 8.74. The summed E-state index contributed by atoms with van der Waals surface area (Å²) in [4.78, 5) is 8.94. The number of rotatable bonds is 6. The van der Waals surface area contributed by atoms with Crippen molar-refractivity contribution in [1.29, 1.82) is 0 Å². The number of halogens is 5. The molecule has 0 amide bonds. The van der Waals surface area contributed by atoms with Gasteiger partial charge in [-0.15, -0.1) is 0 Å². The van der Waals surface area contributed by atoms with Crippen molar-refractivity contribution >= 4 is 28.9 Å². The molecule has 2 saturated heterocycles. The molecule has 3 aromatic rings. The van der Waals surface area contributed by atoms with Crippen molar-refractivity contribution in [2.75, 3.05) is 64.3 Å². The van der Waals surface area contributed by atoms with Gasteiger partial charge < -0.3 is 9.80 Å². The van der Waals surface area contributed by atoms with Crippen molar-refractivity contribution in [2.24, 2.45) is 0 Å². The summed E-state index contributed by atoms with van der Waals surface area (Å²) in [5.41, 5.74) is 2.92. The van der Waals surface area contributed by atoms with Gasteiger partial charge >= 0.3 is 6.18 Å². The molecule has 0 saturated carbocycles. The van der Waals surface area contributed by atoms with Gasteiger partial charge in [-0.2, -0.15) is 13.2 Å². The number of likely N-dealkylation sites (N-methyl/N-ethyl adjacent to an activating group) is 1. The molecule has 2 aliphatic heterocycles. The third kappa shape index (κ3) is 6.90. The van der Waals surface area contributed by atoms with Crippen LogP contribution in [0.3, 0.4) is 0 Å². The zero-order valence-electron chi connectivity index (χ0n) is 22.0. The Morgan fingerprint density at radius 2 is 1.26 bits per heavy atom. The molecule has 4 nitrogen and oxygen atoms in total. The number of anilines is 1. The molecule has 2 aliphatic rings. The van der Waals surface area contributed by atoms with Crippen molar-refractivity contribution in [1.82, 2.24) is 14.7 Å². The Morgan fingerprint density at radius 3 is 1.77 bits per heavy atom. The Morgan fingerprint density at radius 1 is 0.718 bits per heavy atom. The van der Waals surface area contributed by atoms with Crippen LogP contribution >= 0.6 is 23.2 Å². The third-order valence-electron chi connectivity index (χ3n) is 7.80. The summed E-state index contributed by atoms with van der Waals surface area (Å²) in [5, 5.41) is 1.36. The highest BCUT2D eigenvalue weighted by Crippen LogP contribution is 2.36. The van der Waals surface area contributed by atoms with E-state index in [0.29, 0.717) is 28.7 Å². The maximum Gasteiger partial charge on any atom is 0.416 e. The molecule has 0 spiro atoms. The normalized spacial score (nSPS) is 18.2. The van der Waals surface area contributed by atoms with E-state index in [-0.39, 0.29) is 12.6 Å². The quantitative estimate of drug-likeness (QED) is 0.325. The SMILES string of the molecule is CN1CCN(c2ccc(C(F)(F)F)c(CN3CCN(C(c4ccc(Cl)cc4)c4ccc(Cl)cc4)CC3)c2)CC1. The molecule has 208 valence electrons. The predicted molar refractivity (Wildman–Crippen MR) is 153 cm³/mol. The van der Waals surface area contributed by atoms with Gasteiger partial charge in [0.25, 0.3) is 0 Å². The molecule has 0 unspecified atom stereocenters. The van der Waals surface area contributed by atoms with E-state index < -0.39 is 11.7 Å². The van der Waals surface area contributed by atoms with Gasteiger partial charge in [0.15, 0.2) is 0 Å². The Bertz CT molecular complexity index is 1190. The van der Waals surface area contributed by atoms with Crippen LogP contribution in [0.15, 0.2) is 66.7 Å². The molecule has 9 heteroatoms. The van der Waals surface area contributed by atoms with Crippen LogP contribution in [0.5, 0.6) is 0 Å². The molecule has 0 aromatic heterocycles. The molecule has 0 radical (unpaired) electrons. The zero-order valence-corrected chi connectivity index (χ0v) is 23.5. The first-order chi connectivity index (χ1) is 18.7. The van der Waals surface area contributed by atoms with Crippen LogP contribution in [-0.4, -0.2) is 74.1 Å². The van der Waals surface area contributed by atoms with Crippen molar-refractivity contribution < 1.29 is 13.2 Å². The molecule has 0 N–H and O–H groups in total. The average Bonchev–Trinajstić information content (AvgIpc) is 2.92. The average molecular weight is 578 g/mol. The largest absolute Gasteiger partial charge is 0.416 e. The van der Waals surface area contributed by atoms with Gasteiger partial charge in [-0.1, -0.05) is 47.5 Å². The maximum atomic E-state index is 14.0. The van der Waals surface area contributed by atoms with Crippen LogP contribution in [0.4, 0.5) is 18.9 Å². The monoisotopic (exact) mass is 576 g/mol. The minimum atomic E-state index is -4.38. The van der Waals surface area contributed by atoms with Crippen LogP contribution in [0.25, 0.3) is 0 Å². The van der Waals surface area contributed by atoms with Crippen LogP contribution in [0.1, 0.15) is 28.3 Å². The fourth-order valence-corrected chi connectivity index (χ4v) is 5.83. The summed E-state index contributed by atoms with van der Waals surface area (Å²) < 4.78 is 41.9. The molecular weight excluding hydrogens is 544 g/mol. The van der Waals surface area contributed by atoms with Crippen molar-refractivity contribution in [3.8, 4) is 0 Å². The zero-order chi connectivity index (χ0) is 27.6. The number of nitrogens with zero attached hydrogens (tertiary/aromatic N) is 4. The number of alkyl halides is 3. The molecule has 2 fully saturated rings. The third-order valence-corrected chi connectivity index (χ3v) is 8.30. The van der Waals surface area contributed by atoms with Gasteiger partial charge in [0.2, 0.25) is 0 Å². The maximum absolute atomic E-state index is 14.0. The summed E-state index contributed by atoms with van der Waals surface area (Å²) in [6.07, 6.45) is -4.38. The van der Waals surface area contributed by atoms with Gasteiger partial charge in [0, 0.05) is 74.6 Å². The van der Waals surface area contributed by atoms with Crippen molar-refractivity contribution in [3.05, 3.63) is 99.0 Å². The lowest BCUT2D eigenvalue weighted by Crippen LogP contribution is -2.47. The summed E-state index contributed by atoms with van der Waals surface area (Å²) in [5.74, 6) is 0. The van der Waals surface area contributed by atoms with E-state index in [9.17, 15) is 13.2 Å². The minimum Gasteiger partial charge on any atom is -0.369 e. The second kappa shape index (κ2) is 12.1. The Labute approximate surface area is 238 Å². The van der Waals surface area contributed by atoms with Gasteiger partial charge in [0.1, 0.15) is 0 Å². The molecule has 0 aliphatic carbocycles. The van der Waals surface area contributed by atoms with Crippen molar-refractivity contribution in [2.45, 2.75) is 18.8 Å². The van der Waals surface area contributed by atoms with Gasteiger partial charge in [-0.05, 0) is 66.2 Å². The summed E-state index contributed by atoms with van der Waals surface area (Å²) in [6.45, 7) is 6.53. The van der Waals surface area contributed by atoms with E-state index in [1.54, 1.807) is 12.1 Å². The van der Waals surface area contributed by atoms with Crippen LogP contribution in [0.2, 0.25) is 10.0 Å². The second-order valence-electron chi connectivity index (χ2n) is 10.4. The van der Waals surface area contributed by atoms with E-state index in [1.165, 1.54) is 6.07 Å². The molecule has 39 heavy (non-hydrogen) atoms. The highest BCUT2D eigenvalue weighted by Gasteiger charge is 2.35. The lowest BCUT2D eigenvalue weighted by Gasteiger charge is -2.40. The molecule has 5 rings (SSSR count). The van der Waals surface area contributed by atoms with E-state index in [1.807, 2.05) is 48.5 Å². The number of piperazine rings is 2. The first-order valence-electron chi connectivity index (χ1n) is 13.3. The van der Waals surface area contributed by atoms with Gasteiger partial charge in [0.05, 0.1) is 11.6 Å². The standard InChI is InChI=1S/C30H33Cl2F3N4/c1-36-12-16-38(17-13-36)27-10-11-28(30(33,34)35)24(20-27)21-37-14-18-39(19-15-37)29(22-2-6-25(31)7-3-22)23-4-8-26(32)9-5-23/h2-11,20,29H,12-19,21H2,1H3. The van der Waals surface area contributed by atoms with E-state index in [0.717, 1.165) is 56.1 Å². The highest BCUT2D eigenvalue weighted by molar-refractivity contribution is 6.30. The molecular formula is C30H33Cl2F3N4. The first kappa shape index (κ1) is 28.2. The second-order valence-corrected chi connectivity index (χ2v) is 11.3. The number of hydrogen-bond donors (Lipinski definition) is 0. The predicted octanol–water partition coefficient (Wildman–Crippen LogP) is 6.67. The Hall–Kier alpha value is -2.29. The van der Waals surface area contributed by atoms with Gasteiger partial charge in [-0.3, -0.25) is 9.80 Å². The first-order valence-corrected chi connectivity index (χ1v) is 14.0. The number of hydrogen-bond acceptors (Lipinski definition) is 4. The molecule has 0 bridgehead atoms. The topological polar surface area (TPSA) is 13.0 Å². The molecule has 0 atom stereocenters. The smallest absolute Gasteiger partial charge is 0.369 e. The molecule has 3 aromatic carbocycles. The van der Waals surface area contributed by atoms with Crippen LogP contribution < -0.4 is 4.90 Å². The lowest BCUT2D eigenvalue weighted by atomic mass is 9.96. The van der Waals surface area contributed by atoms with E-state index in [2.05, 4.69) is 26.6 Å². The summed E-state index contributed by atoms with van der Waals surface area (Å²) in [6, 6.07) is 20.4. The summed E-state index contributed by atoms with van der Waals surface area (Å²) >= 11 is 12.3. The lowest BCUT2D eigenvalue weighted by molar-refractivity contribution is -0.138. The van der Waals surface area contributed by atoms with Gasteiger partial charge in [-0.25, -0.2) is 0 Å². The van der Waals surface area contributed by atoms with E-state index in [4.69, 9.17) is 23.2 Å². The fourth-order valence-electron chi connectivity index (χ4n) is 5.57. The fraction of sp³-hybridized carbons (Fsp3) is 0.400. The van der Waals surface area contributed by atoms with E-state index >= 15 is 0 Å². The minimum absolute atomic E-state index is 0.00739. The molecule has 2 heterocycles. The van der Waals surface area contributed by atoms with Crippen molar-refractivity contribution in [3.63, 3.8) is 0 Å². The van der Waals surface area contributed by atoms with Crippen LogP contribution in [0, 0.1) is 0 Å².